The minimum absolute atomic E-state index is 0.837. The summed E-state index contributed by atoms with van der Waals surface area (Å²) in [6.45, 7) is 5.67. The lowest BCUT2D eigenvalue weighted by Crippen LogP contribution is -2.38. The summed E-state index contributed by atoms with van der Waals surface area (Å²) < 4.78 is 0. The molecule has 1 nitrogen and oxygen atoms in total. The molecule has 0 spiro atoms. The van der Waals surface area contributed by atoms with E-state index >= 15 is 0 Å². The van der Waals surface area contributed by atoms with Crippen molar-refractivity contribution < 1.29 is 0 Å². The van der Waals surface area contributed by atoms with Crippen LogP contribution in [0, 0.1) is 5.92 Å². The topological polar surface area (TPSA) is 12.0 Å². The summed E-state index contributed by atoms with van der Waals surface area (Å²) in [6, 6.07) is 0.837. The van der Waals surface area contributed by atoms with E-state index in [9.17, 15) is 0 Å². The fraction of sp³-hybridized carbons (Fsp3) is 1.00. The van der Waals surface area contributed by atoms with Gasteiger partial charge in [0, 0.05) is 6.04 Å². The Morgan fingerprint density at radius 2 is 1.92 bits per heavy atom. The van der Waals surface area contributed by atoms with Crippen LogP contribution in [0.2, 0.25) is 0 Å². The summed E-state index contributed by atoms with van der Waals surface area (Å²) in [4.78, 5) is 0. The Morgan fingerprint density at radius 1 is 1.17 bits per heavy atom. The van der Waals surface area contributed by atoms with Gasteiger partial charge in [-0.05, 0) is 31.7 Å². The van der Waals surface area contributed by atoms with E-state index in [2.05, 4.69) is 19.2 Å². The van der Waals surface area contributed by atoms with E-state index in [1.54, 1.807) is 0 Å². The van der Waals surface area contributed by atoms with E-state index in [0.29, 0.717) is 0 Å². The predicted octanol–water partition coefficient (Wildman–Crippen LogP) is 2.95. The Kier molecular flexibility index (Phi) is 4.67. The number of hydrogen-bond donors (Lipinski definition) is 1. The number of hydrogen-bond acceptors (Lipinski definition) is 1. The Morgan fingerprint density at radius 3 is 2.58 bits per heavy atom. The zero-order chi connectivity index (χ0) is 8.81. The fourth-order valence-corrected chi connectivity index (χ4v) is 2.45. The molecule has 0 amide bonds. The zero-order valence-electron chi connectivity index (χ0n) is 8.60. The zero-order valence-corrected chi connectivity index (χ0v) is 8.60. The van der Waals surface area contributed by atoms with Crippen LogP contribution in [0.15, 0.2) is 0 Å². The summed E-state index contributed by atoms with van der Waals surface area (Å²) in [7, 11) is 0. The van der Waals surface area contributed by atoms with E-state index < -0.39 is 0 Å². The van der Waals surface area contributed by atoms with Crippen molar-refractivity contribution in [1.29, 1.82) is 0 Å². The van der Waals surface area contributed by atoms with Gasteiger partial charge in [0.2, 0.25) is 0 Å². The lowest BCUT2D eigenvalue weighted by molar-refractivity contribution is 0.251. The van der Waals surface area contributed by atoms with Crippen molar-refractivity contribution in [3.8, 4) is 0 Å². The summed E-state index contributed by atoms with van der Waals surface area (Å²) in [5.74, 6) is 0.976. The lowest BCUT2D eigenvalue weighted by Gasteiger charge is -2.31. The Balaban J connectivity index is 2.31. The lowest BCUT2D eigenvalue weighted by atomic mass is 9.82. The second-order valence-corrected chi connectivity index (χ2v) is 4.00. The first kappa shape index (κ1) is 10.0. The number of nitrogens with one attached hydrogen (secondary N) is 1. The standard InChI is InChI=1S/C11H23N/c1-3-7-10-8-5-6-9-11(10)12-4-2/h10-12H,3-9H2,1-2H3. The van der Waals surface area contributed by atoms with Crippen molar-refractivity contribution in [2.45, 2.75) is 58.4 Å². The molecule has 0 aliphatic heterocycles. The molecule has 1 aliphatic rings. The van der Waals surface area contributed by atoms with Crippen molar-refractivity contribution in [3.05, 3.63) is 0 Å². The van der Waals surface area contributed by atoms with Gasteiger partial charge in [0.05, 0.1) is 0 Å². The van der Waals surface area contributed by atoms with Crippen molar-refractivity contribution >= 4 is 0 Å². The Hall–Kier alpha value is -0.0400. The van der Waals surface area contributed by atoms with Gasteiger partial charge in [-0.2, -0.15) is 0 Å². The predicted molar refractivity (Wildman–Crippen MR) is 54.3 cm³/mol. The average molecular weight is 169 g/mol. The quantitative estimate of drug-likeness (QED) is 0.682. The molecule has 72 valence electrons. The molecule has 0 heterocycles. The van der Waals surface area contributed by atoms with Crippen LogP contribution in [0.5, 0.6) is 0 Å². The van der Waals surface area contributed by atoms with Gasteiger partial charge < -0.3 is 5.32 Å². The maximum absolute atomic E-state index is 3.62. The summed E-state index contributed by atoms with van der Waals surface area (Å²) in [6.07, 6.45) is 8.57. The largest absolute Gasteiger partial charge is 0.314 e. The maximum Gasteiger partial charge on any atom is 0.00952 e. The van der Waals surface area contributed by atoms with Gasteiger partial charge in [0.15, 0.2) is 0 Å². The molecule has 12 heavy (non-hydrogen) atoms. The molecule has 0 aromatic heterocycles. The van der Waals surface area contributed by atoms with Crippen LogP contribution < -0.4 is 5.32 Å². The van der Waals surface area contributed by atoms with Crippen molar-refractivity contribution in [1.82, 2.24) is 5.32 Å². The fourth-order valence-electron chi connectivity index (χ4n) is 2.45. The minimum Gasteiger partial charge on any atom is -0.314 e. The van der Waals surface area contributed by atoms with Gasteiger partial charge in [-0.25, -0.2) is 0 Å². The molecule has 0 saturated heterocycles. The maximum atomic E-state index is 3.62. The molecule has 1 N–H and O–H groups in total. The second kappa shape index (κ2) is 5.58. The smallest absolute Gasteiger partial charge is 0.00952 e. The van der Waals surface area contributed by atoms with E-state index in [1.807, 2.05) is 0 Å². The first-order valence-corrected chi connectivity index (χ1v) is 5.61. The molecule has 0 aromatic carbocycles. The first-order valence-electron chi connectivity index (χ1n) is 5.61. The highest BCUT2D eigenvalue weighted by Crippen LogP contribution is 2.27. The van der Waals surface area contributed by atoms with Crippen LogP contribution in [0.4, 0.5) is 0 Å². The SMILES string of the molecule is CCCC1CCCCC1NCC. The third-order valence-corrected chi connectivity index (χ3v) is 3.03. The van der Waals surface area contributed by atoms with Gasteiger partial charge in [0.1, 0.15) is 0 Å². The van der Waals surface area contributed by atoms with Crippen LogP contribution in [-0.2, 0) is 0 Å². The van der Waals surface area contributed by atoms with E-state index in [-0.39, 0.29) is 0 Å². The molecule has 1 heteroatoms. The molecule has 1 rings (SSSR count). The average Bonchev–Trinajstić information content (AvgIpc) is 2.09. The second-order valence-electron chi connectivity index (χ2n) is 4.00. The molecular formula is C11H23N. The van der Waals surface area contributed by atoms with Gasteiger partial charge in [-0.15, -0.1) is 0 Å². The van der Waals surface area contributed by atoms with Crippen LogP contribution in [-0.4, -0.2) is 12.6 Å². The molecular weight excluding hydrogens is 146 g/mol. The van der Waals surface area contributed by atoms with Crippen molar-refractivity contribution in [2.24, 2.45) is 5.92 Å². The highest BCUT2D eigenvalue weighted by atomic mass is 14.9. The monoisotopic (exact) mass is 169 g/mol. The van der Waals surface area contributed by atoms with E-state index in [4.69, 9.17) is 0 Å². The summed E-state index contributed by atoms with van der Waals surface area (Å²) >= 11 is 0. The molecule has 1 fully saturated rings. The van der Waals surface area contributed by atoms with Crippen LogP contribution >= 0.6 is 0 Å². The van der Waals surface area contributed by atoms with Crippen LogP contribution in [0.1, 0.15) is 52.4 Å². The normalized spacial score (nSPS) is 30.5. The molecule has 1 aliphatic carbocycles. The van der Waals surface area contributed by atoms with Gasteiger partial charge in [0.25, 0.3) is 0 Å². The van der Waals surface area contributed by atoms with E-state index in [1.165, 1.54) is 38.5 Å². The molecule has 2 atom stereocenters. The third kappa shape index (κ3) is 2.78. The first-order chi connectivity index (χ1) is 5.88. The minimum atomic E-state index is 0.837. The van der Waals surface area contributed by atoms with Crippen molar-refractivity contribution in [3.63, 3.8) is 0 Å². The van der Waals surface area contributed by atoms with Gasteiger partial charge >= 0.3 is 0 Å². The van der Waals surface area contributed by atoms with E-state index in [0.717, 1.165) is 18.5 Å². The Labute approximate surface area is 76.9 Å². The molecule has 0 bridgehead atoms. The highest BCUT2D eigenvalue weighted by molar-refractivity contribution is 4.80. The number of rotatable bonds is 4. The molecule has 1 saturated carbocycles. The highest BCUT2D eigenvalue weighted by Gasteiger charge is 2.22. The van der Waals surface area contributed by atoms with Crippen LogP contribution in [0.25, 0.3) is 0 Å². The van der Waals surface area contributed by atoms with Crippen LogP contribution in [0.3, 0.4) is 0 Å². The molecule has 2 unspecified atom stereocenters. The molecule has 0 radical (unpaired) electrons. The Bertz CT molecular complexity index is 93.6. The summed E-state index contributed by atoms with van der Waals surface area (Å²) in [5, 5.41) is 3.62. The third-order valence-electron chi connectivity index (χ3n) is 3.03. The van der Waals surface area contributed by atoms with Crippen molar-refractivity contribution in [2.75, 3.05) is 6.54 Å². The molecule has 0 aromatic rings. The summed E-state index contributed by atoms with van der Waals surface area (Å²) in [5.41, 5.74) is 0. The van der Waals surface area contributed by atoms with Gasteiger partial charge in [-0.1, -0.05) is 33.1 Å². The van der Waals surface area contributed by atoms with Gasteiger partial charge in [-0.3, -0.25) is 0 Å².